The molecule has 1 atom stereocenters. The summed E-state index contributed by atoms with van der Waals surface area (Å²) in [5.74, 6) is 1.35. The molecular weight excluding hydrogens is 422 g/mol. The second kappa shape index (κ2) is 11.5. The molecule has 164 valence electrons. The van der Waals surface area contributed by atoms with Crippen molar-refractivity contribution in [2.45, 2.75) is 49.7 Å². The maximum Gasteiger partial charge on any atom is 0.243 e. The maximum atomic E-state index is 12.9. The van der Waals surface area contributed by atoms with E-state index >= 15 is 0 Å². The quantitative estimate of drug-likeness (QED) is 0.359. The third-order valence-electron chi connectivity index (χ3n) is 4.61. The van der Waals surface area contributed by atoms with Gasteiger partial charge in [-0.3, -0.25) is 4.57 Å². The van der Waals surface area contributed by atoms with E-state index in [-0.39, 0.29) is 10.9 Å². The number of rotatable bonds is 12. The van der Waals surface area contributed by atoms with Crippen molar-refractivity contribution in [1.82, 2.24) is 19.1 Å². The van der Waals surface area contributed by atoms with Crippen LogP contribution in [0.1, 0.15) is 39.7 Å². The molecule has 1 heterocycles. The predicted molar refractivity (Wildman–Crippen MR) is 118 cm³/mol. The van der Waals surface area contributed by atoms with Gasteiger partial charge < -0.3 is 4.74 Å². The average Bonchev–Trinajstić information content (AvgIpc) is 3.16. The molecule has 10 heteroatoms. The van der Waals surface area contributed by atoms with E-state index in [4.69, 9.17) is 10.00 Å². The molecule has 0 fully saturated rings. The minimum Gasteiger partial charge on any atom is -0.383 e. The molecule has 1 aromatic carbocycles. The van der Waals surface area contributed by atoms with Crippen LogP contribution in [0.4, 0.5) is 0 Å². The number of aromatic nitrogens is 3. The molecule has 0 aliphatic heterocycles. The van der Waals surface area contributed by atoms with Crippen molar-refractivity contribution in [2.24, 2.45) is 0 Å². The van der Waals surface area contributed by atoms with Gasteiger partial charge in [0, 0.05) is 37.9 Å². The fourth-order valence-corrected chi connectivity index (χ4v) is 5.59. The van der Waals surface area contributed by atoms with Crippen LogP contribution in [-0.4, -0.2) is 60.0 Å². The molecule has 0 aliphatic rings. The Morgan fingerprint density at radius 1 is 1.30 bits per heavy atom. The zero-order valence-electron chi connectivity index (χ0n) is 17.9. The highest BCUT2D eigenvalue weighted by Gasteiger charge is 2.24. The number of benzene rings is 1. The summed E-state index contributed by atoms with van der Waals surface area (Å²) in [6.45, 7) is 6.94. The summed E-state index contributed by atoms with van der Waals surface area (Å²) in [4.78, 5) is 0.237. The highest BCUT2D eigenvalue weighted by atomic mass is 32.2. The zero-order valence-corrected chi connectivity index (χ0v) is 19.5. The minimum atomic E-state index is -3.57. The molecule has 1 aromatic heterocycles. The van der Waals surface area contributed by atoms with Crippen LogP contribution >= 0.6 is 11.8 Å². The molecule has 0 saturated heterocycles. The minimum absolute atomic E-state index is 0.0403. The van der Waals surface area contributed by atoms with E-state index in [1.165, 1.54) is 16.1 Å². The van der Waals surface area contributed by atoms with E-state index in [0.29, 0.717) is 37.5 Å². The van der Waals surface area contributed by atoms with Crippen LogP contribution in [-0.2, 0) is 14.8 Å². The number of ether oxygens (including phenoxy) is 1. The van der Waals surface area contributed by atoms with Crippen LogP contribution < -0.4 is 0 Å². The van der Waals surface area contributed by atoms with Crippen molar-refractivity contribution in [2.75, 3.05) is 32.6 Å². The summed E-state index contributed by atoms with van der Waals surface area (Å²) in [7, 11) is -1.94. The Hall–Kier alpha value is -1.93. The number of hydrogen-bond donors (Lipinski definition) is 0. The molecule has 0 radical (unpaired) electrons. The summed E-state index contributed by atoms with van der Waals surface area (Å²) >= 11 is 1.53. The van der Waals surface area contributed by atoms with Gasteiger partial charge in [0.25, 0.3) is 0 Å². The van der Waals surface area contributed by atoms with E-state index in [2.05, 4.69) is 16.3 Å². The van der Waals surface area contributed by atoms with Gasteiger partial charge in [0.1, 0.15) is 0 Å². The van der Waals surface area contributed by atoms with Gasteiger partial charge >= 0.3 is 0 Å². The molecule has 0 bridgehead atoms. The molecule has 0 spiro atoms. The van der Waals surface area contributed by atoms with Gasteiger partial charge in [0.2, 0.25) is 10.0 Å². The van der Waals surface area contributed by atoms with E-state index in [0.717, 1.165) is 17.3 Å². The fourth-order valence-electron chi connectivity index (χ4n) is 3.11. The maximum absolute atomic E-state index is 12.9. The first-order chi connectivity index (χ1) is 14.4. The van der Waals surface area contributed by atoms with Crippen molar-refractivity contribution in [1.29, 1.82) is 5.26 Å². The Bertz CT molecular complexity index is 965. The van der Waals surface area contributed by atoms with Crippen LogP contribution in [0.2, 0.25) is 0 Å². The molecule has 30 heavy (non-hydrogen) atoms. The largest absolute Gasteiger partial charge is 0.383 e. The van der Waals surface area contributed by atoms with Crippen molar-refractivity contribution in [3.63, 3.8) is 0 Å². The molecule has 1 unspecified atom stereocenters. The van der Waals surface area contributed by atoms with Gasteiger partial charge in [-0.2, -0.15) is 9.57 Å². The summed E-state index contributed by atoms with van der Waals surface area (Å²) in [6, 6.07) is 8.93. The monoisotopic (exact) mass is 451 g/mol. The first-order valence-electron chi connectivity index (χ1n) is 9.94. The fraction of sp³-hybridized carbons (Fsp3) is 0.550. The summed E-state index contributed by atoms with van der Waals surface area (Å²) in [5, 5.41) is 18.2. The third kappa shape index (κ3) is 5.60. The molecule has 2 rings (SSSR count). The van der Waals surface area contributed by atoms with Crippen LogP contribution in [0.15, 0.2) is 34.3 Å². The molecule has 0 saturated carbocycles. The van der Waals surface area contributed by atoms with Crippen LogP contribution in [0.3, 0.4) is 0 Å². The molecule has 8 nitrogen and oxygen atoms in total. The second-order valence-electron chi connectivity index (χ2n) is 6.71. The van der Waals surface area contributed by atoms with E-state index < -0.39 is 10.0 Å². The number of sulfonamides is 1. The number of unbranched alkanes of at least 4 members (excludes halogenated alkanes) is 1. The van der Waals surface area contributed by atoms with Gasteiger partial charge in [0.05, 0.1) is 23.6 Å². The van der Waals surface area contributed by atoms with E-state index in [1.54, 1.807) is 25.3 Å². The van der Waals surface area contributed by atoms with Crippen LogP contribution in [0.25, 0.3) is 11.4 Å². The topological polar surface area (TPSA) is 101 Å². The number of nitrogens with zero attached hydrogens (tertiary/aromatic N) is 5. The highest BCUT2D eigenvalue weighted by Crippen LogP contribution is 2.30. The predicted octanol–water partition coefficient (Wildman–Crippen LogP) is 3.58. The number of thioether (sulfide) groups is 1. The number of hydrogen-bond acceptors (Lipinski definition) is 7. The lowest BCUT2D eigenvalue weighted by Crippen LogP contribution is -2.30. The van der Waals surface area contributed by atoms with Crippen molar-refractivity contribution in [3.05, 3.63) is 24.3 Å². The van der Waals surface area contributed by atoms with Gasteiger partial charge in [0.15, 0.2) is 11.0 Å². The van der Waals surface area contributed by atoms with Gasteiger partial charge in [-0.05, 0) is 25.5 Å². The lowest BCUT2D eigenvalue weighted by Gasteiger charge is -2.20. The first-order valence-corrected chi connectivity index (χ1v) is 12.4. The average molecular weight is 452 g/mol. The summed E-state index contributed by atoms with van der Waals surface area (Å²) < 4.78 is 34.6. The Morgan fingerprint density at radius 2 is 2.03 bits per heavy atom. The SMILES string of the molecule is CCN(CC)S(=O)(=O)c1cccc(-c2nnc(SCCCC#N)n2C(C)COC)c1. The van der Waals surface area contributed by atoms with E-state index in [9.17, 15) is 8.42 Å². The Kier molecular flexibility index (Phi) is 9.30. The second-order valence-corrected chi connectivity index (χ2v) is 9.71. The third-order valence-corrected chi connectivity index (χ3v) is 7.69. The van der Waals surface area contributed by atoms with Crippen molar-refractivity contribution >= 4 is 21.8 Å². The molecule has 0 N–H and O–H groups in total. The van der Waals surface area contributed by atoms with Crippen LogP contribution in [0, 0.1) is 11.3 Å². The van der Waals surface area contributed by atoms with Gasteiger partial charge in [-0.25, -0.2) is 8.42 Å². The van der Waals surface area contributed by atoms with Gasteiger partial charge in [-0.15, -0.1) is 10.2 Å². The van der Waals surface area contributed by atoms with Crippen molar-refractivity contribution in [3.8, 4) is 17.5 Å². The summed E-state index contributed by atoms with van der Waals surface area (Å²) in [6.07, 6.45) is 1.26. The molecular formula is C20H29N5O3S2. The molecule has 0 amide bonds. The molecule has 0 aliphatic carbocycles. The molecule has 2 aromatic rings. The van der Waals surface area contributed by atoms with Crippen molar-refractivity contribution < 1.29 is 13.2 Å². The lowest BCUT2D eigenvalue weighted by atomic mass is 10.2. The standard InChI is InChI=1S/C20H29N5O3S2/c1-5-24(6-2)30(26,27)18-11-9-10-17(14-18)19-22-23-20(29-13-8-7-12-21)25(19)16(3)15-28-4/h9-11,14,16H,5-8,13,15H2,1-4H3. The Labute approximate surface area is 183 Å². The van der Waals surface area contributed by atoms with E-state index in [1.807, 2.05) is 31.4 Å². The normalized spacial score (nSPS) is 12.8. The smallest absolute Gasteiger partial charge is 0.243 e. The number of methoxy groups -OCH3 is 1. The van der Waals surface area contributed by atoms with Gasteiger partial charge in [-0.1, -0.05) is 37.7 Å². The first kappa shape index (κ1) is 24.3. The highest BCUT2D eigenvalue weighted by molar-refractivity contribution is 7.99. The zero-order chi connectivity index (χ0) is 22.1. The number of nitriles is 1. The lowest BCUT2D eigenvalue weighted by molar-refractivity contribution is 0.159. The Balaban J connectivity index is 2.46. The summed E-state index contributed by atoms with van der Waals surface area (Å²) in [5.41, 5.74) is 0.683. The van der Waals surface area contributed by atoms with Crippen LogP contribution in [0.5, 0.6) is 0 Å². The Morgan fingerprint density at radius 3 is 2.67 bits per heavy atom.